The van der Waals surface area contributed by atoms with Gasteiger partial charge in [0.1, 0.15) is 0 Å². The number of hydrogen-bond donors (Lipinski definition) is 1. The molecule has 0 radical (unpaired) electrons. The third-order valence-electron chi connectivity index (χ3n) is 5.05. The molecule has 6 nitrogen and oxygen atoms in total. The molecule has 0 aliphatic carbocycles. The van der Waals surface area contributed by atoms with Crippen LogP contribution in [0.25, 0.3) is 21.1 Å². The van der Waals surface area contributed by atoms with Gasteiger partial charge in [-0.25, -0.2) is 4.98 Å². The van der Waals surface area contributed by atoms with E-state index in [1.165, 1.54) is 0 Å². The Bertz CT molecular complexity index is 1150. The summed E-state index contributed by atoms with van der Waals surface area (Å²) in [6.07, 6.45) is 4.45. The molecule has 1 fully saturated rings. The minimum Gasteiger partial charge on any atom is -0.494 e. The van der Waals surface area contributed by atoms with Crippen LogP contribution in [0.2, 0.25) is 5.02 Å². The van der Waals surface area contributed by atoms with Crippen molar-refractivity contribution in [2.75, 3.05) is 31.2 Å². The SMILES string of the molecule is Oc1c2c(N3CCOCC3)ccnc2cn1CCc1nc2ccc(Cl)cc2s1. The van der Waals surface area contributed by atoms with Crippen molar-refractivity contribution in [3.63, 3.8) is 0 Å². The van der Waals surface area contributed by atoms with Crippen molar-refractivity contribution in [3.05, 3.63) is 46.7 Å². The van der Waals surface area contributed by atoms with Crippen LogP contribution in [-0.4, -0.2) is 45.9 Å². The van der Waals surface area contributed by atoms with Crippen molar-refractivity contribution in [1.82, 2.24) is 14.5 Å². The van der Waals surface area contributed by atoms with Gasteiger partial charge in [-0.05, 0) is 24.3 Å². The van der Waals surface area contributed by atoms with Crippen molar-refractivity contribution < 1.29 is 9.84 Å². The van der Waals surface area contributed by atoms with Gasteiger partial charge in [0.2, 0.25) is 5.88 Å². The Morgan fingerprint density at radius 3 is 2.89 bits per heavy atom. The fourth-order valence-corrected chi connectivity index (χ4v) is 4.89. The Labute approximate surface area is 171 Å². The molecular formula is C20H19ClN4O2S. The lowest BCUT2D eigenvalue weighted by Crippen LogP contribution is -2.36. The molecule has 0 saturated carbocycles. The maximum Gasteiger partial charge on any atom is 0.202 e. The van der Waals surface area contributed by atoms with Crippen LogP contribution >= 0.6 is 22.9 Å². The summed E-state index contributed by atoms with van der Waals surface area (Å²) in [5.74, 6) is 0.258. The van der Waals surface area contributed by atoms with E-state index in [1.807, 2.05) is 35.0 Å². The number of aromatic hydroxyl groups is 1. The van der Waals surface area contributed by atoms with E-state index in [4.69, 9.17) is 16.3 Å². The molecule has 8 heteroatoms. The molecule has 1 N–H and O–H groups in total. The molecule has 4 aromatic rings. The number of benzene rings is 1. The van der Waals surface area contributed by atoms with E-state index in [9.17, 15) is 5.11 Å². The van der Waals surface area contributed by atoms with E-state index in [2.05, 4.69) is 14.9 Å². The number of aromatic nitrogens is 3. The molecule has 3 aromatic heterocycles. The average molecular weight is 415 g/mol. The smallest absolute Gasteiger partial charge is 0.202 e. The number of hydrogen-bond acceptors (Lipinski definition) is 6. The van der Waals surface area contributed by atoms with Crippen molar-refractivity contribution in [2.24, 2.45) is 0 Å². The summed E-state index contributed by atoms with van der Waals surface area (Å²) in [7, 11) is 0. The maximum absolute atomic E-state index is 10.9. The number of fused-ring (bicyclic) bond motifs is 2. The number of pyridine rings is 1. The Morgan fingerprint density at radius 2 is 2.04 bits per heavy atom. The minimum atomic E-state index is 0.258. The molecule has 0 atom stereocenters. The van der Waals surface area contributed by atoms with Crippen LogP contribution in [0.1, 0.15) is 5.01 Å². The van der Waals surface area contributed by atoms with Crippen LogP contribution in [0.15, 0.2) is 36.7 Å². The Morgan fingerprint density at radius 1 is 1.18 bits per heavy atom. The molecular weight excluding hydrogens is 396 g/mol. The van der Waals surface area contributed by atoms with Crippen LogP contribution < -0.4 is 4.90 Å². The molecule has 0 bridgehead atoms. The average Bonchev–Trinajstić information content (AvgIpc) is 3.27. The number of anilines is 1. The lowest BCUT2D eigenvalue weighted by molar-refractivity contribution is 0.123. The summed E-state index contributed by atoms with van der Waals surface area (Å²) in [5, 5.41) is 13.4. The fraction of sp³-hybridized carbons (Fsp3) is 0.300. The topological polar surface area (TPSA) is 63.4 Å². The van der Waals surface area contributed by atoms with Gasteiger partial charge in [0.05, 0.1) is 45.0 Å². The molecule has 0 unspecified atom stereocenters. The number of rotatable bonds is 4. The Balaban J connectivity index is 1.43. The van der Waals surface area contributed by atoms with Crippen molar-refractivity contribution in [3.8, 4) is 5.88 Å². The van der Waals surface area contributed by atoms with Crippen molar-refractivity contribution in [1.29, 1.82) is 0 Å². The van der Waals surface area contributed by atoms with Crippen molar-refractivity contribution in [2.45, 2.75) is 13.0 Å². The number of halogens is 1. The minimum absolute atomic E-state index is 0.258. The number of thiazole rings is 1. The van der Waals surface area contributed by atoms with Crippen molar-refractivity contribution >= 4 is 49.7 Å². The second kappa shape index (κ2) is 7.24. The quantitative estimate of drug-likeness (QED) is 0.545. The highest BCUT2D eigenvalue weighted by molar-refractivity contribution is 7.18. The first-order valence-corrected chi connectivity index (χ1v) is 10.4. The summed E-state index contributed by atoms with van der Waals surface area (Å²) < 4.78 is 8.40. The van der Waals surface area contributed by atoms with Gasteiger partial charge in [-0.15, -0.1) is 11.3 Å². The van der Waals surface area contributed by atoms with Gasteiger partial charge in [0.25, 0.3) is 0 Å². The van der Waals surface area contributed by atoms with Gasteiger partial charge in [0, 0.05) is 43.5 Å². The van der Waals surface area contributed by atoms with E-state index in [0.29, 0.717) is 19.8 Å². The molecule has 4 heterocycles. The van der Waals surface area contributed by atoms with E-state index < -0.39 is 0 Å². The predicted molar refractivity (Wildman–Crippen MR) is 113 cm³/mol. The van der Waals surface area contributed by atoms with Gasteiger partial charge in [0.15, 0.2) is 0 Å². The molecule has 1 aliphatic rings. The van der Waals surface area contributed by atoms with E-state index in [1.54, 1.807) is 17.5 Å². The fourth-order valence-electron chi connectivity index (χ4n) is 3.65. The van der Waals surface area contributed by atoms with Crippen LogP contribution in [-0.2, 0) is 17.7 Å². The van der Waals surface area contributed by atoms with Gasteiger partial charge in [-0.3, -0.25) is 4.98 Å². The second-order valence-corrected chi connectivity index (χ2v) is 8.36. The summed E-state index contributed by atoms with van der Waals surface area (Å²) in [4.78, 5) is 11.4. The van der Waals surface area contributed by atoms with E-state index >= 15 is 0 Å². The third kappa shape index (κ3) is 3.19. The predicted octanol–water partition coefficient (Wildman–Crippen LogP) is 4.08. The maximum atomic E-state index is 10.9. The summed E-state index contributed by atoms with van der Waals surface area (Å²) in [6.45, 7) is 3.67. The van der Waals surface area contributed by atoms with Crippen LogP contribution in [0, 0.1) is 0 Å². The zero-order valence-corrected chi connectivity index (χ0v) is 16.7. The van der Waals surface area contributed by atoms with Crippen LogP contribution in [0.3, 0.4) is 0 Å². The lowest BCUT2D eigenvalue weighted by atomic mass is 10.2. The highest BCUT2D eigenvalue weighted by Gasteiger charge is 2.19. The highest BCUT2D eigenvalue weighted by Crippen LogP contribution is 2.35. The first-order valence-electron chi connectivity index (χ1n) is 9.23. The first kappa shape index (κ1) is 17.7. The molecule has 0 spiro atoms. The zero-order valence-electron chi connectivity index (χ0n) is 15.1. The molecule has 5 rings (SSSR count). The second-order valence-electron chi connectivity index (χ2n) is 6.81. The summed E-state index contributed by atoms with van der Waals surface area (Å²) >= 11 is 7.71. The molecule has 144 valence electrons. The Hall–Kier alpha value is -2.35. The van der Waals surface area contributed by atoms with E-state index in [-0.39, 0.29) is 5.88 Å². The summed E-state index contributed by atoms with van der Waals surface area (Å²) in [6, 6.07) is 7.71. The Kier molecular flexibility index (Phi) is 4.58. The van der Waals surface area contributed by atoms with Crippen LogP contribution in [0.4, 0.5) is 5.69 Å². The van der Waals surface area contributed by atoms with Gasteiger partial charge < -0.3 is 19.3 Å². The van der Waals surface area contributed by atoms with Crippen LogP contribution in [0.5, 0.6) is 5.88 Å². The standard InChI is InChI=1S/C20H19ClN4O2S/c21-13-1-2-14-17(11-13)28-18(23-14)4-6-25-12-15-19(20(25)26)16(3-5-22-15)24-7-9-27-10-8-24/h1-3,5,11-12,26H,4,6-10H2. The number of ether oxygens (including phenoxy) is 1. The zero-order chi connectivity index (χ0) is 19.1. The van der Waals surface area contributed by atoms with Gasteiger partial charge >= 0.3 is 0 Å². The highest BCUT2D eigenvalue weighted by atomic mass is 35.5. The number of morpholine rings is 1. The largest absolute Gasteiger partial charge is 0.494 e. The molecule has 1 saturated heterocycles. The van der Waals surface area contributed by atoms with Gasteiger partial charge in [-0.2, -0.15) is 0 Å². The first-order chi connectivity index (χ1) is 13.7. The third-order valence-corrected chi connectivity index (χ3v) is 6.36. The number of aryl methyl sites for hydroxylation is 2. The normalized spacial score (nSPS) is 15.0. The number of nitrogens with zero attached hydrogens (tertiary/aromatic N) is 4. The molecule has 0 amide bonds. The molecule has 1 aliphatic heterocycles. The lowest BCUT2D eigenvalue weighted by Gasteiger charge is -2.29. The van der Waals surface area contributed by atoms with E-state index in [0.717, 1.165) is 56.3 Å². The molecule has 28 heavy (non-hydrogen) atoms. The molecule has 1 aromatic carbocycles. The summed E-state index contributed by atoms with van der Waals surface area (Å²) in [5.41, 5.74) is 2.78. The van der Waals surface area contributed by atoms with Gasteiger partial charge in [-0.1, -0.05) is 11.6 Å². The monoisotopic (exact) mass is 414 g/mol.